The maximum atomic E-state index is 13.2. The Morgan fingerprint density at radius 2 is 1.80 bits per heavy atom. The second-order valence-electron chi connectivity index (χ2n) is 6.24. The van der Waals surface area contributed by atoms with E-state index in [4.69, 9.17) is 22.6 Å². The fourth-order valence-electron chi connectivity index (χ4n) is 2.88. The Morgan fingerprint density at radius 3 is 2.43 bits per heavy atom. The Hall–Kier alpha value is -3.83. The molecule has 0 radical (unpaired) electrons. The molecule has 3 aromatic rings. The van der Waals surface area contributed by atoms with E-state index in [-0.39, 0.29) is 34.9 Å². The van der Waals surface area contributed by atoms with Crippen molar-refractivity contribution < 1.29 is 22.7 Å². The number of hydrogen-bond acceptors (Lipinski definition) is 4. The third-order valence-electron chi connectivity index (χ3n) is 4.25. The van der Waals surface area contributed by atoms with Crippen LogP contribution in [0.25, 0.3) is 11.1 Å². The van der Waals surface area contributed by atoms with Gasteiger partial charge in [0.05, 0.1) is 5.56 Å². The van der Waals surface area contributed by atoms with Gasteiger partial charge in [-0.3, -0.25) is 4.79 Å². The molecule has 0 saturated carbocycles. The first-order valence-electron chi connectivity index (χ1n) is 8.69. The zero-order valence-electron chi connectivity index (χ0n) is 15.5. The maximum Gasteiger partial charge on any atom is 0.433 e. The number of halogens is 3. The van der Waals surface area contributed by atoms with Gasteiger partial charge in [-0.15, -0.1) is 6.42 Å². The summed E-state index contributed by atoms with van der Waals surface area (Å²) < 4.78 is 45.4. The van der Waals surface area contributed by atoms with E-state index in [0.29, 0.717) is 11.1 Å². The molecule has 2 aromatic carbocycles. The lowest BCUT2D eigenvalue weighted by molar-refractivity contribution is -0.141. The summed E-state index contributed by atoms with van der Waals surface area (Å²) in [5.74, 6) is 1.50. The average Bonchev–Trinajstić information content (AvgIpc) is 2.73. The highest BCUT2D eigenvalue weighted by molar-refractivity contribution is 6.00. The standard InChI is InChI=1S/C22H16F3N3O2/c1-2-14-6-5-9-16(15-7-3-4-8-17(15)21(27)29)20(14)30-19-11-13(12-26)10-18(28-19)22(23,24)25/h1,3-11H,12,26H2,(H2,27,29). The number of nitrogens with two attached hydrogens (primary N) is 2. The molecule has 1 aromatic heterocycles. The third kappa shape index (κ3) is 4.26. The fourth-order valence-corrected chi connectivity index (χ4v) is 2.88. The Kier molecular flexibility index (Phi) is 5.76. The molecule has 4 N–H and O–H groups in total. The van der Waals surface area contributed by atoms with Gasteiger partial charge in [0.25, 0.3) is 0 Å². The van der Waals surface area contributed by atoms with Gasteiger partial charge in [0.1, 0.15) is 5.69 Å². The highest BCUT2D eigenvalue weighted by Crippen LogP contribution is 2.38. The number of primary amides is 1. The van der Waals surface area contributed by atoms with E-state index in [2.05, 4.69) is 10.9 Å². The lowest BCUT2D eigenvalue weighted by Crippen LogP contribution is -2.12. The van der Waals surface area contributed by atoms with Crippen molar-refractivity contribution in [3.05, 3.63) is 77.0 Å². The molecule has 3 rings (SSSR count). The lowest BCUT2D eigenvalue weighted by Gasteiger charge is -2.16. The minimum Gasteiger partial charge on any atom is -0.437 e. The van der Waals surface area contributed by atoms with Crippen LogP contribution in [-0.2, 0) is 12.7 Å². The van der Waals surface area contributed by atoms with Crippen molar-refractivity contribution in [2.75, 3.05) is 0 Å². The molecule has 0 aliphatic heterocycles. The predicted octanol–water partition coefficient (Wildman–Crippen LogP) is 4.10. The van der Waals surface area contributed by atoms with E-state index in [1.54, 1.807) is 36.4 Å². The van der Waals surface area contributed by atoms with Gasteiger partial charge in [-0.2, -0.15) is 13.2 Å². The third-order valence-corrected chi connectivity index (χ3v) is 4.25. The van der Waals surface area contributed by atoms with Crippen LogP contribution in [0.1, 0.15) is 27.2 Å². The van der Waals surface area contributed by atoms with Crippen molar-refractivity contribution in [1.29, 1.82) is 0 Å². The molecule has 1 amide bonds. The molecular weight excluding hydrogens is 395 g/mol. The lowest BCUT2D eigenvalue weighted by atomic mass is 9.96. The summed E-state index contributed by atoms with van der Waals surface area (Å²) >= 11 is 0. The van der Waals surface area contributed by atoms with E-state index in [1.807, 2.05) is 0 Å². The first-order chi connectivity index (χ1) is 14.2. The van der Waals surface area contributed by atoms with Crippen LogP contribution < -0.4 is 16.2 Å². The van der Waals surface area contributed by atoms with Crippen LogP contribution in [0, 0.1) is 12.3 Å². The number of nitrogens with zero attached hydrogens (tertiary/aromatic N) is 1. The van der Waals surface area contributed by atoms with Crippen LogP contribution >= 0.6 is 0 Å². The van der Waals surface area contributed by atoms with Gasteiger partial charge in [-0.1, -0.05) is 36.3 Å². The molecular formula is C22H16F3N3O2. The van der Waals surface area contributed by atoms with Crippen LogP contribution in [-0.4, -0.2) is 10.9 Å². The van der Waals surface area contributed by atoms with Crippen molar-refractivity contribution in [3.63, 3.8) is 0 Å². The maximum absolute atomic E-state index is 13.2. The van der Waals surface area contributed by atoms with Crippen molar-refractivity contribution in [3.8, 4) is 35.1 Å². The molecule has 1 heterocycles. The van der Waals surface area contributed by atoms with Gasteiger partial charge in [0.15, 0.2) is 5.75 Å². The number of hydrogen-bond donors (Lipinski definition) is 2. The summed E-state index contributed by atoms with van der Waals surface area (Å²) in [4.78, 5) is 15.4. The number of pyridine rings is 1. The molecule has 0 bridgehead atoms. The van der Waals surface area contributed by atoms with Crippen molar-refractivity contribution in [1.82, 2.24) is 4.98 Å². The Labute approximate surface area is 170 Å². The molecule has 0 atom stereocenters. The van der Waals surface area contributed by atoms with E-state index >= 15 is 0 Å². The van der Waals surface area contributed by atoms with E-state index in [0.717, 1.165) is 6.07 Å². The van der Waals surface area contributed by atoms with Crippen LogP contribution in [0.5, 0.6) is 11.6 Å². The van der Waals surface area contributed by atoms with Gasteiger partial charge in [-0.05, 0) is 29.3 Å². The van der Waals surface area contributed by atoms with E-state index in [9.17, 15) is 18.0 Å². The number of benzene rings is 2. The summed E-state index contributed by atoms with van der Waals surface area (Å²) in [6, 6.07) is 13.4. The summed E-state index contributed by atoms with van der Waals surface area (Å²) in [5, 5.41) is 0. The predicted molar refractivity (Wildman–Crippen MR) is 106 cm³/mol. The first kappa shape index (κ1) is 20.9. The number of rotatable bonds is 5. The normalized spacial score (nSPS) is 11.0. The highest BCUT2D eigenvalue weighted by Gasteiger charge is 2.33. The molecule has 0 aliphatic rings. The van der Waals surface area contributed by atoms with Crippen LogP contribution in [0.15, 0.2) is 54.6 Å². The number of terminal acetylenes is 1. The summed E-state index contributed by atoms with van der Waals surface area (Å²) in [6.45, 7) is -0.143. The molecule has 30 heavy (non-hydrogen) atoms. The molecule has 0 fully saturated rings. The number of amides is 1. The number of para-hydroxylation sites is 1. The Morgan fingerprint density at radius 1 is 1.10 bits per heavy atom. The Bertz CT molecular complexity index is 1150. The quantitative estimate of drug-likeness (QED) is 0.619. The summed E-state index contributed by atoms with van der Waals surface area (Å²) in [7, 11) is 0. The molecule has 8 heteroatoms. The molecule has 0 unspecified atom stereocenters. The van der Waals surface area contributed by atoms with Gasteiger partial charge >= 0.3 is 6.18 Å². The number of ether oxygens (including phenoxy) is 1. The zero-order chi connectivity index (χ0) is 21.9. The van der Waals surface area contributed by atoms with Crippen molar-refractivity contribution in [2.24, 2.45) is 11.5 Å². The molecule has 0 saturated heterocycles. The van der Waals surface area contributed by atoms with Gasteiger partial charge in [0.2, 0.25) is 11.8 Å². The monoisotopic (exact) mass is 411 g/mol. The molecule has 5 nitrogen and oxygen atoms in total. The van der Waals surface area contributed by atoms with E-state index < -0.39 is 17.8 Å². The highest BCUT2D eigenvalue weighted by atomic mass is 19.4. The average molecular weight is 411 g/mol. The van der Waals surface area contributed by atoms with Gasteiger partial charge in [0, 0.05) is 23.7 Å². The van der Waals surface area contributed by atoms with Crippen LogP contribution in [0.4, 0.5) is 13.2 Å². The molecule has 0 aliphatic carbocycles. The molecule has 152 valence electrons. The van der Waals surface area contributed by atoms with Crippen LogP contribution in [0.3, 0.4) is 0 Å². The van der Waals surface area contributed by atoms with Gasteiger partial charge < -0.3 is 16.2 Å². The smallest absolute Gasteiger partial charge is 0.433 e. The largest absolute Gasteiger partial charge is 0.437 e. The fraction of sp³-hybridized carbons (Fsp3) is 0.0909. The van der Waals surface area contributed by atoms with Crippen molar-refractivity contribution in [2.45, 2.75) is 12.7 Å². The SMILES string of the molecule is C#Cc1cccc(-c2ccccc2C(N)=O)c1Oc1cc(CN)cc(C(F)(F)F)n1. The zero-order valence-corrected chi connectivity index (χ0v) is 15.5. The molecule has 0 spiro atoms. The van der Waals surface area contributed by atoms with Gasteiger partial charge in [-0.25, -0.2) is 4.98 Å². The second-order valence-corrected chi connectivity index (χ2v) is 6.24. The first-order valence-corrected chi connectivity index (χ1v) is 8.69. The number of alkyl halides is 3. The van der Waals surface area contributed by atoms with Crippen molar-refractivity contribution >= 4 is 5.91 Å². The topological polar surface area (TPSA) is 91.2 Å². The number of carbonyl (C=O) groups is 1. The second kappa shape index (κ2) is 8.27. The van der Waals surface area contributed by atoms with E-state index in [1.165, 1.54) is 12.1 Å². The summed E-state index contributed by atoms with van der Waals surface area (Å²) in [5.41, 5.74) is 11.3. The minimum atomic E-state index is -4.68. The number of aromatic nitrogens is 1. The minimum absolute atomic E-state index is 0.0727. The van der Waals surface area contributed by atoms with Crippen LogP contribution in [0.2, 0.25) is 0 Å². The number of carbonyl (C=O) groups excluding carboxylic acids is 1. The Balaban J connectivity index is 2.20. The summed E-state index contributed by atoms with van der Waals surface area (Å²) in [6.07, 6.45) is 0.878.